The number of nitrogens with zero attached hydrogens (tertiary/aromatic N) is 1. The van der Waals surface area contributed by atoms with Crippen molar-refractivity contribution in [1.82, 2.24) is 0 Å². The minimum absolute atomic E-state index is 0.204. The van der Waals surface area contributed by atoms with Crippen LogP contribution in [0.3, 0.4) is 0 Å². The summed E-state index contributed by atoms with van der Waals surface area (Å²) < 4.78 is 24.1. The van der Waals surface area contributed by atoms with Gasteiger partial charge in [-0.05, 0) is 50.6 Å². The van der Waals surface area contributed by atoms with E-state index in [2.05, 4.69) is 5.32 Å². The van der Waals surface area contributed by atoms with Crippen LogP contribution >= 0.6 is 11.3 Å². The highest BCUT2D eigenvalue weighted by Crippen LogP contribution is 2.33. The molecule has 0 spiro atoms. The number of nitriles is 1. The Balaban J connectivity index is 1.85. The molecule has 2 aromatic heterocycles. The number of benzene rings is 1. The van der Waals surface area contributed by atoms with E-state index in [1.54, 1.807) is 38.1 Å². The predicted octanol–water partition coefficient (Wildman–Crippen LogP) is 5.49. The molecule has 0 saturated carbocycles. The van der Waals surface area contributed by atoms with E-state index in [4.69, 9.17) is 9.15 Å². The molecule has 0 radical (unpaired) electrons. The normalized spacial score (nSPS) is 11.1. The Morgan fingerprint density at radius 1 is 1.29 bits per heavy atom. The van der Waals surface area contributed by atoms with Gasteiger partial charge in [0.2, 0.25) is 0 Å². The Morgan fingerprint density at radius 2 is 2.06 bits per heavy atom. The average molecular weight is 438 g/mol. The van der Waals surface area contributed by atoms with E-state index < -0.39 is 17.7 Å². The van der Waals surface area contributed by atoms with Crippen molar-refractivity contribution in [2.45, 2.75) is 20.8 Å². The highest BCUT2D eigenvalue weighted by Gasteiger charge is 2.23. The fourth-order valence-electron chi connectivity index (χ4n) is 2.85. The Hall–Kier alpha value is -3.70. The zero-order valence-electron chi connectivity index (χ0n) is 17.1. The molecule has 31 heavy (non-hydrogen) atoms. The molecule has 1 amide bonds. The first-order chi connectivity index (χ1) is 14.8. The molecule has 1 aromatic carbocycles. The van der Waals surface area contributed by atoms with Crippen LogP contribution in [0.15, 0.2) is 46.4 Å². The molecule has 3 rings (SSSR count). The van der Waals surface area contributed by atoms with Crippen LogP contribution in [-0.4, -0.2) is 18.5 Å². The third-order valence-corrected chi connectivity index (χ3v) is 5.60. The summed E-state index contributed by atoms with van der Waals surface area (Å²) in [4.78, 5) is 25.8. The van der Waals surface area contributed by atoms with Crippen molar-refractivity contribution in [3.63, 3.8) is 0 Å². The quantitative estimate of drug-likeness (QED) is 0.312. The van der Waals surface area contributed by atoms with Crippen LogP contribution in [0.1, 0.15) is 33.5 Å². The van der Waals surface area contributed by atoms with Crippen LogP contribution in [0.25, 0.3) is 17.4 Å². The van der Waals surface area contributed by atoms with Crippen molar-refractivity contribution in [2.75, 3.05) is 11.9 Å². The maximum absolute atomic E-state index is 13.4. The van der Waals surface area contributed by atoms with E-state index in [-0.39, 0.29) is 23.5 Å². The van der Waals surface area contributed by atoms with Crippen LogP contribution in [0.5, 0.6) is 0 Å². The molecule has 0 aliphatic heterocycles. The van der Waals surface area contributed by atoms with Gasteiger partial charge in [-0.25, -0.2) is 9.18 Å². The van der Waals surface area contributed by atoms with Crippen molar-refractivity contribution >= 4 is 34.3 Å². The molecule has 0 aliphatic rings. The van der Waals surface area contributed by atoms with Crippen LogP contribution in [0, 0.1) is 31.0 Å². The lowest BCUT2D eigenvalue weighted by atomic mass is 10.1. The van der Waals surface area contributed by atoms with Crippen LogP contribution in [0.4, 0.5) is 9.39 Å². The number of esters is 1. The second-order valence-corrected chi connectivity index (χ2v) is 7.77. The Kier molecular flexibility index (Phi) is 6.68. The number of amides is 1. The summed E-state index contributed by atoms with van der Waals surface area (Å²) in [5, 5.41) is 12.4. The molecule has 158 valence electrons. The maximum Gasteiger partial charge on any atom is 0.341 e. The summed E-state index contributed by atoms with van der Waals surface area (Å²) >= 11 is 1.23. The lowest BCUT2D eigenvalue weighted by Gasteiger charge is -2.06. The SMILES string of the molecule is CCOC(=O)c1c(NC(=O)/C(C#N)=C/c2ccc(-c3cccc(F)c3)o2)sc(C)c1C. The highest BCUT2D eigenvalue weighted by atomic mass is 32.1. The monoisotopic (exact) mass is 438 g/mol. The molecule has 8 heteroatoms. The molecule has 0 atom stereocenters. The standard InChI is InChI=1S/C23H19FN2O4S/c1-4-29-23(28)20-13(2)14(3)31-22(20)26-21(27)16(12-25)11-18-8-9-19(30-18)15-6-5-7-17(24)10-15/h5-11H,4H2,1-3H3,(H,26,27)/b16-11+. The highest BCUT2D eigenvalue weighted by molar-refractivity contribution is 7.16. The molecule has 0 aliphatic carbocycles. The number of carbonyl (C=O) groups excluding carboxylic acids is 2. The van der Waals surface area contributed by atoms with Crippen molar-refractivity contribution in [3.8, 4) is 17.4 Å². The fraction of sp³-hybridized carbons (Fsp3) is 0.174. The van der Waals surface area contributed by atoms with Crippen molar-refractivity contribution in [1.29, 1.82) is 5.26 Å². The van der Waals surface area contributed by atoms with Crippen molar-refractivity contribution < 1.29 is 23.1 Å². The smallest absolute Gasteiger partial charge is 0.341 e. The summed E-state index contributed by atoms with van der Waals surface area (Å²) in [7, 11) is 0. The van der Waals surface area contributed by atoms with Crippen molar-refractivity contribution in [2.24, 2.45) is 0 Å². The topological polar surface area (TPSA) is 92.3 Å². The zero-order valence-corrected chi connectivity index (χ0v) is 17.9. The first kappa shape index (κ1) is 22.0. The molecular formula is C23H19FN2O4S. The van der Waals surface area contributed by atoms with Gasteiger partial charge in [-0.2, -0.15) is 5.26 Å². The molecule has 0 saturated heterocycles. The van der Waals surface area contributed by atoms with E-state index in [1.165, 1.54) is 29.5 Å². The van der Waals surface area contributed by atoms with Gasteiger partial charge < -0.3 is 14.5 Å². The Morgan fingerprint density at radius 3 is 2.74 bits per heavy atom. The van der Waals surface area contributed by atoms with E-state index in [0.29, 0.717) is 21.9 Å². The summed E-state index contributed by atoms with van der Waals surface area (Å²) in [6.45, 7) is 5.50. The molecular weight excluding hydrogens is 419 g/mol. The van der Waals surface area contributed by atoms with Gasteiger partial charge in [0.25, 0.3) is 5.91 Å². The zero-order chi connectivity index (χ0) is 22.5. The number of aryl methyl sites for hydroxylation is 1. The molecule has 0 fully saturated rings. The van der Waals surface area contributed by atoms with Gasteiger partial charge in [-0.15, -0.1) is 11.3 Å². The maximum atomic E-state index is 13.4. The minimum atomic E-state index is -0.682. The number of ether oxygens (including phenoxy) is 1. The van der Waals surface area contributed by atoms with Gasteiger partial charge in [0.1, 0.15) is 34.0 Å². The second-order valence-electron chi connectivity index (χ2n) is 6.54. The van der Waals surface area contributed by atoms with Crippen LogP contribution in [-0.2, 0) is 9.53 Å². The first-order valence-electron chi connectivity index (χ1n) is 9.40. The van der Waals surface area contributed by atoms with E-state index in [0.717, 1.165) is 4.88 Å². The van der Waals surface area contributed by atoms with Gasteiger partial charge in [0.15, 0.2) is 0 Å². The second kappa shape index (κ2) is 9.41. The van der Waals surface area contributed by atoms with Gasteiger partial charge >= 0.3 is 5.97 Å². The largest absolute Gasteiger partial charge is 0.462 e. The van der Waals surface area contributed by atoms with E-state index >= 15 is 0 Å². The number of hydrogen-bond donors (Lipinski definition) is 1. The number of halogens is 1. The number of hydrogen-bond acceptors (Lipinski definition) is 6. The summed E-state index contributed by atoms with van der Waals surface area (Å²) in [6, 6.07) is 10.9. The lowest BCUT2D eigenvalue weighted by Crippen LogP contribution is -2.16. The molecule has 6 nitrogen and oxygen atoms in total. The van der Waals surface area contributed by atoms with Crippen molar-refractivity contribution in [3.05, 3.63) is 69.6 Å². The number of carbonyl (C=O) groups is 2. The Labute approximate surface area is 182 Å². The van der Waals surface area contributed by atoms with Gasteiger partial charge in [0, 0.05) is 16.5 Å². The minimum Gasteiger partial charge on any atom is -0.462 e. The fourth-order valence-corrected chi connectivity index (χ4v) is 3.90. The van der Waals surface area contributed by atoms with Crippen LogP contribution < -0.4 is 5.32 Å². The average Bonchev–Trinajstić information content (AvgIpc) is 3.31. The summed E-state index contributed by atoms with van der Waals surface area (Å²) in [5.74, 6) is -0.958. The number of rotatable bonds is 6. The van der Waals surface area contributed by atoms with E-state index in [9.17, 15) is 19.2 Å². The summed E-state index contributed by atoms with van der Waals surface area (Å²) in [5.41, 5.74) is 1.32. The molecule has 0 unspecified atom stereocenters. The molecule has 0 bridgehead atoms. The van der Waals surface area contributed by atoms with E-state index in [1.807, 2.05) is 13.0 Å². The first-order valence-corrected chi connectivity index (χ1v) is 10.2. The van der Waals surface area contributed by atoms with Gasteiger partial charge in [-0.1, -0.05) is 12.1 Å². The number of anilines is 1. The number of furan rings is 1. The summed E-state index contributed by atoms with van der Waals surface area (Å²) in [6.07, 6.45) is 1.29. The van der Waals surface area contributed by atoms with Crippen LogP contribution in [0.2, 0.25) is 0 Å². The lowest BCUT2D eigenvalue weighted by molar-refractivity contribution is -0.112. The predicted molar refractivity (Wildman–Crippen MR) is 116 cm³/mol. The molecule has 2 heterocycles. The van der Waals surface area contributed by atoms with Gasteiger partial charge in [-0.3, -0.25) is 4.79 Å². The number of thiophene rings is 1. The third-order valence-electron chi connectivity index (χ3n) is 4.48. The number of nitrogens with one attached hydrogen (secondary N) is 1. The molecule has 1 N–H and O–H groups in total. The third kappa shape index (κ3) is 4.90. The van der Waals surface area contributed by atoms with Gasteiger partial charge in [0.05, 0.1) is 12.2 Å². The Bertz CT molecular complexity index is 1220. The molecule has 3 aromatic rings.